The van der Waals surface area contributed by atoms with Gasteiger partial charge in [0.05, 0.1) is 11.4 Å². The molecule has 7 aromatic carbocycles. The second-order valence-electron chi connectivity index (χ2n) is 13.9. The number of rotatable bonds is 6. The number of aromatic nitrogens is 2. The van der Waals surface area contributed by atoms with Crippen LogP contribution in [0.15, 0.2) is 182 Å². The second kappa shape index (κ2) is 12.5. The molecule has 0 saturated heterocycles. The van der Waals surface area contributed by atoms with Gasteiger partial charge >= 0.3 is 0 Å². The van der Waals surface area contributed by atoms with Gasteiger partial charge in [0.2, 0.25) is 0 Å². The third-order valence-electron chi connectivity index (χ3n) is 10.3. The molecule has 1 aliphatic rings. The summed E-state index contributed by atoms with van der Waals surface area (Å²) < 4.78 is 0. The Hall–Kier alpha value is -6.38. The lowest BCUT2D eigenvalue weighted by Crippen LogP contribution is -2.14. The van der Waals surface area contributed by atoms with E-state index in [1.54, 1.807) is 0 Å². The molecular formula is C49H36N2. The van der Waals surface area contributed by atoms with Gasteiger partial charge in [0.1, 0.15) is 0 Å². The maximum atomic E-state index is 5.06. The van der Waals surface area contributed by atoms with Crippen LogP contribution in [0.5, 0.6) is 0 Å². The SMILES string of the molecule is CC1(C)c2ccccc2-c2ccc(-c3ccc(-c4cccc(-c5cccc(-c6cc(-c7ccccc7)nc(-c7ccccc7)n6)c5)c4)cc3)cc21. The van der Waals surface area contributed by atoms with Crippen molar-refractivity contribution in [2.45, 2.75) is 19.3 Å². The molecule has 0 amide bonds. The van der Waals surface area contributed by atoms with E-state index in [1.165, 1.54) is 50.1 Å². The van der Waals surface area contributed by atoms with Crippen LogP contribution >= 0.6 is 0 Å². The molecule has 0 N–H and O–H groups in total. The van der Waals surface area contributed by atoms with Crippen LogP contribution in [0.25, 0.3) is 78.4 Å². The van der Waals surface area contributed by atoms with Crippen LogP contribution in [0.1, 0.15) is 25.0 Å². The topological polar surface area (TPSA) is 25.8 Å². The van der Waals surface area contributed by atoms with Gasteiger partial charge in [-0.2, -0.15) is 0 Å². The molecule has 51 heavy (non-hydrogen) atoms. The van der Waals surface area contributed by atoms with Crippen molar-refractivity contribution in [2.24, 2.45) is 0 Å². The predicted octanol–water partition coefficient (Wildman–Crippen LogP) is 12.8. The maximum Gasteiger partial charge on any atom is 0.160 e. The van der Waals surface area contributed by atoms with Gasteiger partial charge in [0, 0.05) is 22.1 Å². The van der Waals surface area contributed by atoms with E-state index in [4.69, 9.17) is 9.97 Å². The zero-order valence-corrected chi connectivity index (χ0v) is 28.7. The Morgan fingerprint density at radius 1 is 0.314 bits per heavy atom. The number of hydrogen-bond donors (Lipinski definition) is 0. The average Bonchev–Trinajstić information content (AvgIpc) is 3.44. The van der Waals surface area contributed by atoms with E-state index in [1.807, 2.05) is 36.4 Å². The van der Waals surface area contributed by atoms with E-state index >= 15 is 0 Å². The highest BCUT2D eigenvalue weighted by Gasteiger charge is 2.35. The van der Waals surface area contributed by atoms with Gasteiger partial charge in [-0.3, -0.25) is 0 Å². The monoisotopic (exact) mass is 652 g/mol. The lowest BCUT2D eigenvalue weighted by Gasteiger charge is -2.22. The minimum Gasteiger partial charge on any atom is -0.228 e. The Kier molecular flexibility index (Phi) is 7.51. The lowest BCUT2D eigenvalue weighted by atomic mass is 9.81. The Morgan fingerprint density at radius 3 is 1.43 bits per heavy atom. The summed E-state index contributed by atoms with van der Waals surface area (Å²) in [6, 6.07) is 64.9. The number of benzene rings is 7. The molecule has 0 atom stereocenters. The van der Waals surface area contributed by atoms with Crippen molar-refractivity contribution in [3.8, 4) is 78.4 Å². The molecule has 9 rings (SSSR count). The summed E-state index contributed by atoms with van der Waals surface area (Å²) >= 11 is 0. The molecule has 0 spiro atoms. The molecule has 0 aliphatic heterocycles. The zero-order valence-electron chi connectivity index (χ0n) is 28.7. The lowest BCUT2D eigenvalue weighted by molar-refractivity contribution is 0.660. The first kappa shape index (κ1) is 30.7. The normalized spacial score (nSPS) is 12.7. The van der Waals surface area contributed by atoms with Crippen LogP contribution < -0.4 is 0 Å². The highest BCUT2D eigenvalue weighted by atomic mass is 14.9. The van der Waals surface area contributed by atoms with Gasteiger partial charge in [-0.05, 0) is 79.9 Å². The highest BCUT2D eigenvalue weighted by molar-refractivity contribution is 5.84. The van der Waals surface area contributed by atoms with Crippen molar-refractivity contribution in [3.05, 3.63) is 193 Å². The van der Waals surface area contributed by atoms with Crippen molar-refractivity contribution < 1.29 is 0 Å². The zero-order chi connectivity index (χ0) is 34.4. The maximum absolute atomic E-state index is 5.06. The van der Waals surface area contributed by atoms with Gasteiger partial charge in [-0.15, -0.1) is 0 Å². The molecule has 0 bridgehead atoms. The van der Waals surface area contributed by atoms with Crippen LogP contribution in [0.2, 0.25) is 0 Å². The summed E-state index contributed by atoms with van der Waals surface area (Å²) in [6.07, 6.45) is 0. The summed E-state index contributed by atoms with van der Waals surface area (Å²) in [6.45, 7) is 4.68. The first-order valence-corrected chi connectivity index (χ1v) is 17.6. The average molecular weight is 653 g/mol. The molecule has 242 valence electrons. The number of nitrogens with zero attached hydrogens (tertiary/aromatic N) is 2. The van der Waals surface area contributed by atoms with E-state index in [9.17, 15) is 0 Å². The fourth-order valence-corrected chi connectivity index (χ4v) is 7.54. The van der Waals surface area contributed by atoms with Crippen LogP contribution in [0, 0.1) is 0 Å². The standard InChI is InChI=1S/C49H36N2/c1-49(2)44-22-10-9-21-42(44)43-28-27-40(31-45(43)49)34-25-23-33(24-26-34)37-17-11-18-38(29-37)39-19-12-20-41(30-39)47-32-46(35-13-5-3-6-14-35)50-48(51-47)36-15-7-4-8-16-36/h3-32H,1-2H3. The Bertz CT molecular complexity index is 2470. The predicted molar refractivity (Wildman–Crippen MR) is 212 cm³/mol. The van der Waals surface area contributed by atoms with Crippen LogP contribution in [-0.4, -0.2) is 9.97 Å². The Balaban J connectivity index is 1.02. The molecule has 1 aromatic heterocycles. The van der Waals surface area contributed by atoms with Crippen molar-refractivity contribution in [1.29, 1.82) is 0 Å². The molecule has 8 aromatic rings. The Morgan fingerprint density at radius 2 is 0.765 bits per heavy atom. The van der Waals surface area contributed by atoms with Crippen LogP contribution in [-0.2, 0) is 5.41 Å². The summed E-state index contributed by atoms with van der Waals surface area (Å²) in [4.78, 5) is 10.0. The quantitative estimate of drug-likeness (QED) is 0.179. The molecule has 0 fully saturated rings. The van der Waals surface area contributed by atoms with E-state index in [0.717, 1.165) is 39.5 Å². The van der Waals surface area contributed by atoms with Gasteiger partial charge in [-0.1, -0.05) is 172 Å². The van der Waals surface area contributed by atoms with Crippen molar-refractivity contribution in [3.63, 3.8) is 0 Å². The highest BCUT2D eigenvalue weighted by Crippen LogP contribution is 2.49. The third-order valence-corrected chi connectivity index (χ3v) is 10.3. The smallest absolute Gasteiger partial charge is 0.160 e. The Labute approximate surface area is 299 Å². The summed E-state index contributed by atoms with van der Waals surface area (Å²) in [7, 11) is 0. The van der Waals surface area contributed by atoms with Gasteiger partial charge in [-0.25, -0.2) is 9.97 Å². The summed E-state index contributed by atoms with van der Waals surface area (Å²) in [5.74, 6) is 0.719. The fraction of sp³-hybridized carbons (Fsp3) is 0.0612. The molecule has 2 nitrogen and oxygen atoms in total. The molecule has 2 heteroatoms. The summed E-state index contributed by atoms with van der Waals surface area (Å²) in [5, 5.41) is 0. The molecule has 0 saturated carbocycles. The van der Waals surface area contributed by atoms with Crippen molar-refractivity contribution in [2.75, 3.05) is 0 Å². The first-order chi connectivity index (χ1) is 25.0. The summed E-state index contributed by atoms with van der Waals surface area (Å²) in [5.41, 5.74) is 17.6. The van der Waals surface area contributed by atoms with E-state index < -0.39 is 0 Å². The van der Waals surface area contributed by atoms with Gasteiger partial charge < -0.3 is 0 Å². The van der Waals surface area contributed by atoms with E-state index in [0.29, 0.717) is 0 Å². The molecule has 1 aliphatic carbocycles. The van der Waals surface area contributed by atoms with E-state index in [-0.39, 0.29) is 5.41 Å². The number of hydrogen-bond acceptors (Lipinski definition) is 2. The van der Waals surface area contributed by atoms with Crippen molar-refractivity contribution >= 4 is 0 Å². The number of fused-ring (bicyclic) bond motifs is 3. The fourth-order valence-electron chi connectivity index (χ4n) is 7.54. The molecular weight excluding hydrogens is 617 g/mol. The third kappa shape index (κ3) is 5.65. The minimum absolute atomic E-state index is 0.0125. The van der Waals surface area contributed by atoms with Crippen LogP contribution in [0.4, 0.5) is 0 Å². The molecule has 0 radical (unpaired) electrons. The minimum atomic E-state index is -0.0125. The van der Waals surface area contributed by atoms with Crippen LogP contribution in [0.3, 0.4) is 0 Å². The molecule has 1 heterocycles. The van der Waals surface area contributed by atoms with Gasteiger partial charge in [0.15, 0.2) is 5.82 Å². The van der Waals surface area contributed by atoms with Crippen molar-refractivity contribution in [1.82, 2.24) is 9.97 Å². The van der Waals surface area contributed by atoms with Gasteiger partial charge in [0.25, 0.3) is 0 Å². The van der Waals surface area contributed by atoms with E-state index in [2.05, 4.69) is 159 Å². The second-order valence-corrected chi connectivity index (χ2v) is 13.9. The first-order valence-electron chi connectivity index (χ1n) is 17.6. The largest absolute Gasteiger partial charge is 0.228 e. The molecule has 0 unspecified atom stereocenters.